The molecule has 2 aromatic carbocycles. The maximum atomic E-state index is 12.1. The van der Waals surface area contributed by atoms with Gasteiger partial charge in [-0.1, -0.05) is 47.1 Å². The monoisotopic (exact) mass is 332 g/mol. The summed E-state index contributed by atoms with van der Waals surface area (Å²) < 4.78 is 0.837. The first-order chi connectivity index (χ1) is 9.60. The Morgan fingerprint density at radius 2 is 1.80 bits per heavy atom. The maximum Gasteiger partial charge on any atom is 0.253 e. The number of hydrogen-bond donors (Lipinski definition) is 2. The molecule has 0 bridgehead atoms. The summed E-state index contributed by atoms with van der Waals surface area (Å²) in [7, 11) is 0. The first-order valence-corrected chi connectivity index (χ1v) is 7.30. The predicted octanol–water partition coefficient (Wildman–Crippen LogP) is 3.52. The average molecular weight is 333 g/mol. The van der Waals surface area contributed by atoms with E-state index in [9.17, 15) is 4.79 Å². The first kappa shape index (κ1) is 14.6. The number of benzene rings is 2. The van der Waals surface area contributed by atoms with Crippen LogP contribution in [0.4, 0.5) is 5.69 Å². The van der Waals surface area contributed by atoms with E-state index in [1.165, 1.54) is 5.56 Å². The van der Waals surface area contributed by atoms with E-state index in [2.05, 4.69) is 40.3 Å². The number of nitrogen functional groups attached to an aromatic ring is 1. The number of hydrogen-bond acceptors (Lipinski definition) is 2. The van der Waals surface area contributed by atoms with Gasteiger partial charge in [0.05, 0.1) is 5.56 Å². The van der Waals surface area contributed by atoms with Crippen LogP contribution in [0.25, 0.3) is 0 Å². The van der Waals surface area contributed by atoms with Crippen molar-refractivity contribution in [2.24, 2.45) is 0 Å². The number of nitrogens with two attached hydrogens (primary N) is 1. The fraction of sp³-hybridized carbons (Fsp3) is 0.188. The topological polar surface area (TPSA) is 55.1 Å². The van der Waals surface area contributed by atoms with Gasteiger partial charge in [-0.2, -0.15) is 0 Å². The van der Waals surface area contributed by atoms with Crippen LogP contribution < -0.4 is 11.1 Å². The zero-order chi connectivity index (χ0) is 14.5. The number of anilines is 1. The molecule has 2 rings (SSSR count). The fourth-order valence-corrected chi connectivity index (χ4v) is 2.26. The molecule has 0 heterocycles. The van der Waals surface area contributed by atoms with Crippen LogP contribution in [0.5, 0.6) is 0 Å². The van der Waals surface area contributed by atoms with Gasteiger partial charge in [0.2, 0.25) is 0 Å². The lowest BCUT2D eigenvalue weighted by molar-refractivity contribution is 0.0951. The summed E-state index contributed by atoms with van der Waals surface area (Å²) in [4.78, 5) is 12.1. The molecule has 4 heteroatoms. The zero-order valence-corrected chi connectivity index (χ0v) is 12.9. The van der Waals surface area contributed by atoms with Gasteiger partial charge in [0.25, 0.3) is 5.91 Å². The smallest absolute Gasteiger partial charge is 0.253 e. The zero-order valence-electron chi connectivity index (χ0n) is 11.3. The molecule has 3 N–H and O–H groups in total. The molecular formula is C16H17BrN2O. The number of aryl methyl sites for hydroxylation is 1. The Balaban J connectivity index is 2.02. The van der Waals surface area contributed by atoms with Crippen LogP contribution in [0.1, 0.15) is 28.4 Å². The number of carbonyl (C=O) groups excluding carboxylic acids is 1. The van der Waals surface area contributed by atoms with Crippen LogP contribution in [0.2, 0.25) is 0 Å². The molecule has 0 unspecified atom stereocenters. The maximum absolute atomic E-state index is 12.1. The second-order valence-electron chi connectivity index (χ2n) is 4.58. The number of nitrogens with one attached hydrogen (secondary N) is 1. The molecular weight excluding hydrogens is 316 g/mol. The molecule has 104 valence electrons. The molecule has 0 aliphatic rings. The Labute approximate surface area is 127 Å². The molecule has 0 radical (unpaired) electrons. The van der Waals surface area contributed by atoms with Crippen molar-refractivity contribution in [2.75, 3.05) is 5.73 Å². The van der Waals surface area contributed by atoms with Crippen LogP contribution in [-0.2, 0) is 13.0 Å². The van der Waals surface area contributed by atoms with E-state index in [1.54, 1.807) is 12.1 Å². The molecule has 0 saturated heterocycles. The minimum absolute atomic E-state index is 0.164. The van der Waals surface area contributed by atoms with E-state index in [0.29, 0.717) is 17.8 Å². The summed E-state index contributed by atoms with van der Waals surface area (Å²) in [6.07, 6.45) is 1.02. The first-order valence-electron chi connectivity index (χ1n) is 6.51. The van der Waals surface area contributed by atoms with Gasteiger partial charge in [0.1, 0.15) is 0 Å². The lowest BCUT2D eigenvalue weighted by atomic mass is 10.1. The fourth-order valence-electron chi connectivity index (χ4n) is 1.90. The Kier molecular flexibility index (Phi) is 4.79. The lowest BCUT2D eigenvalue weighted by Gasteiger charge is -2.08. The van der Waals surface area contributed by atoms with E-state index >= 15 is 0 Å². The Morgan fingerprint density at radius 1 is 1.15 bits per heavy atom. The van der Waals surface area contributed by atoms with Gasteiger partial charge in [-0.05, 0) is 35.7 Å². The van der Waals surface area contributed by atoms with Crippen molar-refractivity contribution < 1.29 is 4.79 Å². The van der Waals surface area contributed by atoms with Crippen LogP contribution in [-0.4, -0.2) is 5.91 Å². The van der Waals surface area contributed by atoms with Crippen LogP contribution in [0.3, 0.4) is 0 Å². The van der Waals surface area contributed by atoms with Crippen molar-refractivity contribution in [1.82, 2.24) is 5.32 Å². The number of halogens is 1. The molecule has 20 heavy (non-hydrogen) atoms. The van der Waals surface area contributed by atoms with Crippen molar-refractivity contribution >= 4 is 27.5 Å². The third-order valence-corrected chi connectivity index (χ3v) is 3.64. The van der Waals surface area contributed by atoms with Crippen LogP contribution >= 0.6 is 15.9 Å². The van der Waals surface area contributed by atoms with E-state index < -0.39 is 0 Å². The van der Waals surface area contributed by atoms with E-state index in [4.69, 9.17) is 5.73 Å². The molecule has 1 amide bonds. The number of rotatable bonds is 4. The average Bonchev–Trinajstić information content (AvgIpc) is 2.47. The van der Waals surface area contributed by atoms with Crippen molar-refractivity contribution in [2.45, 2.75) is 19.9 Å². The van der Waals surface area contributed by atoms with Crippen molar-refractivity contribution in [3.8, 4) is 0 Å². The summed E-state index contributed by atoms with van der Waals surface area (Å²) >= 11 is 3.34. The Bertz CT molecular complexity index is 608. The minimum atomic E-state index is -0.164. The van der Waals surface area contributed by atoms with Gasteiger partial charge in [0.15, 0.2) is 0 Å². The molecule has 3 nitrogen and oxygen atoms in total. The second-order valence-corrected chi connectivity index (χ2v) is 5.50. The largest absolute Gasteiger partial charge is 0.398 e. The van der Waals surface area contributed by atoms with Crippen LogP contribution in [0, 0.1) is 0 Å². The Hall–Kier alpha value is -1.81. The summed E-state index contributed by atoms with van der Waals surface area (Å²) in [5.41, 5.74) is 9.15. The number of amides is 1. The lowest BCUT2D eigenvalue weighted by Crippen LogP contribution is -2.23. The SMILES string of the molecule is CCc1ccc(CNC(=O)c2cc(Br)ccc2N)cc1. The third kappa shape index (κ3) is 3.61. The summed E-state index contributed by atoms with van der Waals surface area (Å²) in [6.45, 7) is 2.61. The molecule has 0 saturated carbocycles. The van der Waals surface area contributed by atoms with E-state index in [1.807, 2.05) is 18.2 Å². The van der Waals surface area contributed by atoms with Gasteiger partial charge >= 0.3 is 0 Å². The summed E-state index contributed by atoms with van der Waals surface area (Å²) in [6, 6.07) is 13.5. The third-order valence-electron chi connectivity index (χ3n) is 3.14. The normalized spacial score (nSPS) is 10.3. The highest BCUT2D eigenvalue weighted by Gasteiger charge is 2.09. The molecule has 0 atom stereocenters. The van der Waals surface area contributed by atoms with Crippen molar-refractivity contribution in [3.63, 3.8) is 0 Å². The highest BCUT2D eigenvalue weighted by atomic mass is 79.9. The summed E-state index contributed by atoms with van der Waals surface area (Å²) in [5.74, 6) is -0.164. The van der Waals surface area contributed by atoms with E-state index in [0.717, 1.165) is 16.5 Å². The molecule has 0 aromatic heterocycles. The molecule has 0 aliphatic heterocycles. The highest BCUT2D eigenvalue weighted by Crippen LogP contribution is 2.18. The predicted molar refractivity (Wildman–Crippen MR) is 85.5 cm³/mol. The molecule has 0 fully saturated rings. The van der Waals surface area contributed by atoms with Gasteiger partial charge in [-0.3, -0.25) is 4.79 Å². The van der Waals surface area contributed by atoms with Gasteiger partial charge in [-0.15, -0.1) is 0 Å². The van der Waals surface area contributed by atoms with Gasteiger partial charge in [-0.25, -0.2) is 0 Å². The molecule has 0 aliphatic carbocycles. The van der Waals surface area contributed by atoms with Crippen molar-refractivity contribution in [3.05, 3.63) is 63.6 Å². The standard InChI is InChI=1S/C16H17BrN2O/c1-2-11-3-5-12(6-4-11)10-19-16(20)14-9-13(17)7-8-15(14)18/h3-9H,2,10,18H2,1H3,(H,19,20). The van der Waals surface area contributed by atoms with Gasteiger partial charge < -0.3 is 11.1 Å². The van der Waals surface area contributed by atoms with E-state index in [-0.39, 0.29) is 5.91 Å². The van der Waals surface area contributed by atoms with Crippen molar-refractivity contribution in [1.29, 1.82) is 0 Å². The second kappa shape index (κ2) is 6.57. The van der Waals surface area contributed by atoms with Gasteiger partial charge in [0, 0.05) is 16.7 Å². The summed E-state index contributed by atoms with van der Waals surface area (Å²) in [5, 5.41) is 2.88. The highest BCUT2D eigenvalue weighted by molar-refractivity contribution is 9.10. The number of carbonyl (C=O) groups is 1. The minimum Gasteiger partial charge on any atom is -0.398 e. The quantitative estimate of drug-likeness (QED) is 0.841. The van der Waals surface area contributed by atoms with Crippen LogP contribution in [0.15, 0.2) is 46.9 Å². The molecule has 2 aromatic rings. The molecule has 0 spiro atoms. The Morgan fingerprint density at radius 3 is 2.45 bits per heavy atom.